The number of H-pyrrole nitrogens is 1. The number of amides is 1. The molecule has 8 nitrogen and oxygen atoms in total. The van der Waals surface area contributed by atoms with Crippen molar-refractivity contribution in [2.45, 2.75) is 19.8 Å². The van der Waals surface area contributed by atoms with Gasteiger partial charge in [0.05, 0.1) is 20.1 Å². The van der Waals surface area contributed by atoms with Crippen LogP contribution in [0.4, 0.5) is 5.95 Å². The lowest BCUT2D eigenvalue weighted by Gasteiger charge is -2.01. The van der Waals surface area contributed by atoms with E-state index in [-0.39, 0.29) is 30.7 Å². The highest BCUT2D eigenvalue weighted by atomic mass is 16.5. The van der Waals surface area contributed by atoms with Gasteiger partial charge in [-0.05, 0) is 6.92 Å². The number of ether oxygens (including phenoxy) is 2. The lowest BCUT2D eigenvalue weighted by Crippen LogP contribution is -2.15. The number of aromatic nitrogens is 3. The first-order valence-electron chi connectivity index (χ1n) is 5.07. The third-order valence-electron chi connectivity index (χ3n) is 1.77. The van der Waals surface area contributed by atoms with Gasteiger partial charge < -0.3 is 9.47 Å². The van der Waals surface area contributed by atoms with Crippen molar-refractivity contribution >= 4 is 17.8 Å². The van der Waals surface area contributed by atoms with E-state index in [2.05, 4.69) is 25.2 Å². The lowest BCUT2D eigenvalue weighted by molar-refractivity contribution is -0.144. The molecule has 1 rings (SSSR count). The Hall–Kier alpha value is -2.12. The maximum Gasteiger partial charge on any atom is 0.336 e. The molecule has 1 aromatic rings. The van der Waals surface area contributed by atoms with Gasteiger partial charge in [0.25, 0.3) is 0 Å². The highest BCUT2D eigenvalue weighted by molar-refractivity contribution is 5.91. The van der Waals surface area contributed by atoms with Crippen LogP contribution in [0.15, 0.2) is 0 Å². The number of carbonyl (C=O) groups is 2. The van der Waals surface area contributed by atoms with Crippen LogP contribution in [0.3, 0.4) is 0 Å². The second-order valence-electron chi connectivity index (χ2n) is 3.02. The van der Waals surface area contributed by atoms with Crippen LogP contribution < -0.4 is 10.1 Å². The van der Waals surface area contributed by atoms with Crippen LogP contribution in [0.5, 0.6) is 6.01 Å². The van der Waals surface area contributed by atoms with Gasteiger partial charge in [-0.15, -0.1) is 5.10 Å². The Morgan fingerprint density at radius 1 is 1.41 bits per heavy atom. The van der Waals surface area contributed by atoms with Gasteiger partial charge in [0, 0.05) is 6.42 Å². The number of rotatable bonds is 6. The molecule has 8 heteroatoms. The molecular weight excluding hydrogens is 228 g/mol. The van der Waals surface area contributed by atoms with Gasteiger partial charge in [0.1, 0.15) is 0 Å². The van der Waals surface area contributed by atoms with Crippen LogP contribution in [0.1, 0.15) is 19.8 Å². The zero-order valence-corrected chi connectivity index (χ0v) is 9.65. The second kappa shape index (κ2) is 6.46. The fourth-order valence-corrected chi connectivity index (χ4v) is 1.04. The summed E-state index contributed by atoms with van der Waals surface area (Å²) in [5, 5.41) is 8.55. The summed E-state index contributed by atoms with van der Waals surface area (Å²) in [4.78, 5) is 26.2. The van der Waals surface area contributed by atoms with E-state index in [0.717, 1.165) is 0 Å². The molecule has 1 heterocycles. The average Bonchev–Trinajstić information content (AvgIpc) is 2.74. The van der Waals surface area contributed by atoms with Gasteiger partial charge in [0.2, 0.25) is 11.9 Å². The molecule has 0 saturated carbocycles. The zero-order valence-electron chi connectivity index (χ0n) is 9.65. The van der Waals surface area contributed by atoms with Crippen molar-refractivity contribution in [3.63, 3.8) is 0 Å². The molecule has 1 aromatic heterocycles. The fourth-order valence-electron chi connectivity index (χ4n) is 1.04. The van der Waals surface area contributed by atoms with Crippen LogP contribution in [0.25, 0.3) is 0 Å². The largest absolute Gasteiger partial charge is 0.466 e. The van der Waals surface area contributed by atoms with Crippen LogP contribution in [0, 0.1) is 0 Å². The SMILES string of the molecule is CCOC(=O)CCC(=O)Nc1nc(OC)n[nH]1. The number of hydrogen-bond donors (Lipinski definition) is 2. The van der Waals surface area contributed by atoms with Crippen LogP contribution >= 0.6 is 0 Å². The van der Waals surface area contributed by atoms with Crippen molar-refractivity contribution in [3.05, 3.63) is 0 Å². The summed E-state index contributed by atoms with van der Waals surface area (Å²) in [6.45, 7) is 2.01. The van der Waals surface area contributed by atoms with E-state index in [0.29, 0.717) is 6.61 Å². The van der Waals surface area contributed by atoms with E-state index < -0.39 is 5.97 Å². The normalized spacial score (nSPS) is 9.76. The number of anilines is 1. The number of methoxy groups -OCH3 is 1. The molecule has 2 N–H and O–H groups in total. The first-order chi connectivity index (χ1) is 8.15. The highest BCUT2D eigenvalue weighted by Crippen LogP contribution is 2.05. The number of carbonyl (C=O) groups excluding carboxylic acids is 2. The van der Waals surface area contributed by atoms with Crippen molar-refractivity contribution < 1.29 is 19.1 Å². The van der Waals surface area contributed by atoms with Crippen molar-refractivity contribution in [2.24, 2.45) is 0 Å². The molecular formula is C9H14N4O4. The molecule has 17 heavy (non-hydrogen) atoms. The van der Waals surface area contributed by atoms with E-state index in [4.69, 9.17) is 4.74 Å². The Kier molecular flexibility index (Phi) is 4.92. The highest BCUT2D eigenvalue weighted by Gasteiger charge is 2.10. The summed E-state index contributed by atoms with van der Waals surface area (Å²) in [6.07, 6.45) is 0.0623. The van der Waals surface area contributed by atoms with E-state index >= 15 is 0 Å². The Morgan fingerprint density at radius 3 is 2.76 bits per heavy atom. The Balaban J connectivity index is 2.32. The fraction of sp³-hybridized carbons (Fsp3) is 0.556. The number of hydrogen-bond acceptors (Lipinski definition) is 6. The van der Waals surface area contributed by atoms with E-state index in [1.165, 1.54) is 7.11 Å². The average molecular weight is 242 g/mol. The third-order valence-corrected chi connectivity index (χ3v) is 1.77. The summed E-state index contributed by atoms with van der Waals surface area (Å²) < 4.78 is 9.42. The molecule has 0 aromatic carbocycles. The topological polar surface area (TPSA) is 106 Å². The van der Waals surface area contributed by atoms with Gasteiger partial charge in [-0.3, -0.25) is 14.9 Å². The molecule has 94 valence electrons. The van der Waals surface area contributed by atoms with Gasteiger partial charge in [-0.25, -0.2) is 5.10 Å². The van der Waals surface area contributed by atoms with Gasteiger partial charge in [0.15, 0.2) is 0 Å². The summed E-state index contributed by atoms with van der Waals surface area (Å²) in [7, 11) is 1.41. The molecule has 0 aliphatic rings. The smallest absolute Gasteiger partial charge is 0.336 e. The molecule has 0 bridgehead atoms. The van der Waals surface area contributed by atoms with Crippen LogP contribution in [-0.2, 0) is 14.3 Å². The number of nitrogens with one attached hydrogen (secondary N) is 2. The molecule has 0 aliphatic carbocycles. The standard InChI is InChI=1S/C9H14N4O4/c1-3-17-7(15)5-4-6(14)10-8-11-9(16-2)13-12-8/h3-5H2,1-2H3,(H2,10,11,12,13,14). The van der Waals surface area contributed by atoms with Crippen molar-refractivity contribution in [1.29, 1.82) is 0 Å². The van der Waals surface area contributed by atoms with Gasteiger partial charge >= 0.3 is 12.0 Å². The summed E-state index contributed by atoms with van der Waals surface area (Å²) in [6, 6.07) is 0.130. The first kappa shape index (κ1) is 12.9. The van der Waals surface area contributed by atoms with E-state index in [9.17, 15) is 9.59 Å². The number of esters is 1. The quantitative estimate of drug-likeness (QED) is 0.685. The van der Waals surface area contributed by atoms with E-state index in [1.54, 1.807) is 6.92 Å². The van der Waals surface area contributed by atoms with Crippen LogP contribution in [0.2, 0.25) is 0 Å². The zero-order chi connectivity index (χ0) is 12.7. The second-order valence-corrected chi connectivity index (χ2v) is 3.02. The maximum atomic E-state index is 11.4. The molecule has 0 saturated heterocycles. The Labute approximate surface area is 97.7 Å². The summed E-state index contributed by atoms with van der Waals surface area (Å²) >= 11 is 0. The minimum atomic E-state index is -0.405. The predicted octanol–water partition coefficient (Wildman–Crippen LogP) is 0.0951. The van der Waals surface area contributed by atoms with E-state index in [1.807, 2.05) is 0 Å². The first-order valence-corrected chi connectivity index (χ1v) is 5.07. The lowest BCUT2D eigenvalue weighted by atomic mass is 10.3. The third kappa shape index (κ3) is 4.49. The maximum absolute atomic E-state index is 11.4. The molecule has 0 spiro atoms. The molecule has 0 radical (unpaired) electrons. The van der Waals surface area contributed by atoms with Crippen LogP contribution in [-0.4, -0.2) is 40.8 Å². The number of nitrogens with zero attached hydrogens (tertiary/aromatic N) is 2. The predicted molar refractivity (Wildman–Crippen MR) is 57.4 cm³/mol. The minimum Gasteiger partial charge on any atom is -0.466 e. The summed E-state index contributed by atoms with van der Waals surface area (Å²) in [5.74, 6) is -0.578. The van der Waals surface area contributed by atoms with Crippen molar-refractivity contribution in [2.75, 3.05) is 19.0 Å². The Bertz CT molecular complexity index is 390. The summed E-state index contributed by atoms with van der Waals surface area (Å²) in [5.41, 5.74) is 0. The van der Waals surface area contributed by atoms with Gasteiger partial charge in [-0.1, -0.05) is 0 Å². The molecule has 0 atom stereocenters. The minimum absolute atomic E-state index is 0.0296. The van der Waals surface area contributed by atoms with Crippen molar-refractivity contribution in [1.82, 2.24) is 15.2 Å². The number of aromatic amines is 1. The Morgan fingerprint density at radius 2 is 2.18 bits per heavy atom. The molecule has 1 amide bonds. The molecule has 0 unspecified atom stereocenters. The van der Waals surface area contributed by atoms with Gasteiger partial charge in [-0.2, -0.15) is 4.98 Å². The molecule has 0 aliphatic heterocycles. The molecule has 0 fully saturated rings. The monoisotopic (exact) mass is 242 g/mol. The van der Waals surface area contributed by atoms with Crippen molar-refractivity contribution in [3.8, 4) is 6.01 Å².